The summed E-state index contributed by atoms with van der Waals surface area (Å²) in [5, 5.41) is -0.456. The summed E-state index contributed by atoms with van der Waals surface area (Å²) in [4.78, 5) is 40.4. The van der Waals surface area contributed by atoms with Crippen molar-refractivity contribution in [3.05, 3.63) is 27.1 Å². The maximum atomic E-state index is 12.8. The second-order valence-corrected chi connectivity index (χ2v) is 8.30. The van der Waals surface area contributed by atoms with Gasteiger partial charge in [0.2, 0.25) is 5.91 Å². The fourth-order valence-electron chi connectivity index (χ4n) is 3.05. The third kappa shape index (κ3) is 5.16. The molecule has 2 aliphatic rings. The van der Waals surface area contributed by atoms with E-state index in [0.717, 1.165) is 16.7 Å². The minimum absolute atomic E-state index is 0.258. The Kier molecular flexibility index (Phi) is 7.79. The number of imide groups is 1. The van der Waals surface area contributed by atoms with Crippen molar-refractivity contribution in [1.29, 1.82) is 0 Å². The normalized spacial score (nSPS) is 18.3. The maximum absolute atomic E-state index is 12.8. The van der Waals surface area contributed by atoms with Crippen molar-refractivity contribution < 1.29 is 28.6 Å². The number of amides is 3. The molecule has 0 bridgehead atoms. The highest BCUT2D eigenvalue weighted by atomic mass is 79.9. The monoisotopic (exact) mass is 498 g/mol. The zero-order valence-electron chi connectivity index (χ0n) is 16.8. The zero-order valence-corrected chi connectivity index (χ0v) is 19.2. The first kappa shape index (κ1) is 22.6. The fraction of sp³-hybridized carbons (Fsp3) is 0.450. The molecule has 2 heterocycles. The van der Waals surface area contributed by atoms with Crippen molar-refractivity contribution in [3.63, 3.8) is 0 Å². The molecule has 0 saturated carbocycles. The van der Waals surface area contributed by atoms with Crippen LogP contribution < -0.4 is 9.47 Å². The van der Waals surface area contributed by atoms with E-state index in [1.807, 2.05) is 13.8 Å². The van der Waals surface area contributed by atoms with Crippen LogP contribution in [0.25, 0.3) is 6.08 Å². The average molecular weight is 499 g/mol. The number of thioether (sulfide) groups is 1. The highest BCUT2D eigenvalue weighted by molar-refractivity contribution is 9.10. The van der Waals surface area contributed by atoms with E-state index >= 15 is 0 Å². The van der Waals surface area contributed by atoms with Gasteiger partial charge in [-0.2, -0.15) is 0 Å². The van der Waals surface area contributed by atoms with E-state index in [0.29, 0.717) is 61.1 Å². The molecule has 30 heavy (non-hydrogen) atoms. The average Bonchev–Trinajstić information content (AvgIpc) is 2.98. The molecule has 0 spiro atoms. The SMILES string of the molecule is CCOc1cc(/C=C2\SC(=O)N(CC(=O)N3CCOCC3)C2=O)cc(Br)c1OCC. The van der Waals surface area contributed by atoms with Crippen LogP contribution in [0, 0.1) is 0 Å². The minimum atomic E-state index is -0.477. The molecule has 2 aliphatic heterocycles. The molecule has 0 atom stereocenters. The number of morpholine rings is 1. The first-order valence-corrected chi connectivity index (χ1v) is 11.3. The van der Waals surface area contributed by atoms with Crippen LogP contribution in [0.3, 0.4) is 0 Å². The Balaban J connectivity index is 1.78. The van der Waals surface area contributed by atoms with Crippen molar-refractivity contribution >= 4 is 50.8 Å². The van der Waals surface area contributed by atoms with Gasteiger partial charge in [0.1, 0.15) is 6.54 Å². The summed E-state index contributed by atoms with van der Waals surface area (Å²) in [5.74, 6) is 0.390. The van der Waals surface area contributed by atoms with Gasteiger partial charge in [-0.1, -0.05) is 0 Å². The van der Waals surface area contributed by atoms with Gasteiger partial charge in [-0.05, 0) is 65.3 Å². The lowest BCUT2D eigenvalue weighted by atomic mass is 10.2. The number of hydrogen-bond acceptors (Lipinski definition) is 7. The number of rotatable bonds is 7. The molecule has 0 N–H and O–H groups in total. The minimum Gasteiger partial charge on any atom is -0.490 e. The smallest absolute Gasteiger partial charge is 0.294 e. The number of hydrogen-bond donors (Lipinski definition) is 0. The number of nitrogens with zero attached hydrogens (tertiary/aromatic N) is 2. The second kappa shape index (κ2) is 10.3. The largest absolute Gasteiger partial charge is 0.490 e. The molecule has 0 aliphatic carbocycles. The molecule has 0 radical (unpaired) electrons. The van der Waals surface area contributed by atoms with Gasteiger partial charge in [0, 0.05) is 13.1 Å². The molecule has 3 rings (SSSR count). The molecule has 1 aromatic rings. The topological polar surface area (TPSA) is 85.4 Å². The molecule has 1 aromatic carbocycles. The van der Waals surface area contributed by atoms with Crippen LogP contribution in [0.2, 0.25) is 0 Å². The zero-order chi connectivity index (χ0) is 21.7. The van der Waals surface area contributed by atoms with Crippen LogP contribution in [-0.2, 0) is 14.3 Å². The molecule has 162 valence electrons. The number of carbonyl (C=O) groups excluding carboxylic acids is 3. The third-order valence-corrected chi connectivity index (χ3v) is 5.95. The molecule has 2 saturated heterocycles. The van der Waals surface area contributed by atoms with Gasteiger partial charge in [-0.25, -0.2) is 0 Å². The highest BCUT2D eigenvalue weighted by Gasteiger charge is 2.37. The summed E-state index contributed by atoms with van der Waals surface area (Å²) < 4.78 is 17.2. The molecule has 3 amide bonds. The quantitative estimate of drug-likeness (QED) is 0.533. The molecular formula is C20H23BrN2O6S. The second-order valence-electron chi connectivity index (χ2n) is 6.46. The van der Waals surface area contributed by atoms with Crippen molar-refractivity contribution in [1.82, 2.24) is 9.80 Å². The molecule has 10 heteroatoms. The van der Waals surface area contributed by atoms with Crippen molar-refractivity contribution in [2.45, 2.75) is 13.8 Å². The van der Waals surface area contributed by atoms with E-state index in [2.05, 4.69) is 15.9 Å². The highest BCUT2D eigenvalue weighted by Crippen LogP contribution is 2.39. The summed E-state index contributed by atoms with van der Waals surface area (Å²) in [6.07, 6.45) is 1.62. The first-order valence-electron chi connectivity index (χ1n) is 9.64. The van der Waals surface area contributed by atoms with Crippen molar-refractivity contribution in [3.8, 4) is 11.5 Å². The van der Waals surface area contributed by atoms with Crippen molar-refractivity contribution in [2.75, 3.05) is 46.1 Å². The van der Waals surface area contributed by atoms with E-state index < -0.39 is 11.1 Å². The van der Waals surface area contributed by atoms with Crippen molar-refractivity contribution in [2.24, 2.45) is 0 Å². The molecule has 0 aromatic heterocycles. The lowest BCUT2D eigenvalue weighted by Crippen LogP contribution is -2.46. The number of carbonyl (C=O) groups is 3. The lowest BCUT2D eigenvalue weighted by Gasteiger charge is -2.28. The molecule has 8 nitrogen and oxygen atoms in total. The Morgan fingerprint density at radius 1 is 1.20 bits per heavy atom. The van der Waals surface area contributed by atoms with E-state index in [4.69, 9.17) is 14.2 Å². The predicted octanol–water partition coefficient (Wildman–Crippen LogP) is 3.14. The van der Waals surface area contributed by atoms with Gasteiger partial charge in [0.25, 0.3) is 11.1 Å². The van der Waals surface area contributed by atoms with Crippen LogP contribution in [0.1, 0.15) is 19.4 Å². The fourth-order valence-corrected chi connectivity index (χ4v) is 4.47. The van der Waals surface area contributed by atoms with E-state index in [-0.39, 0.29) is 17.4 Å². The van der Waals surface area contributed by atoms with Gasteiger partial charge in [0.15, 0.2) is 11.5 Å². The lowest BCUT2D eigenvalue weighted by molar-refractivity contribution is -0.139. The van der Waals surface area contributed by atoms with Gasteiger partial charge < -0.3 is 19.1 Å². The molecule has 0 unspecified atom stereocenters. The standard InChI is InChI=1S/C20H23BrN2O6S/c1-3-28-15-10-13(9-14(21)18(15)29-4-2)11-16-19(25)23(20(26)30-16)12-17(24)22-5-7-27-8-6-22/h9-11H,3-8,12H2,1-2H3/b16-11-. The summed E-state index contributed by atoms with van der Waals surface area (Å²) in [7, 11) is 0. The number of benzene rings is 1. The summed E-state index contributed by atoms with van der Waals surface area (Å²) in [5.41, 5.74) is 0.679. The van der Waals surface area contributed by atoms with Gasteiger partial charge >= 0.3 is 0 Å². The first-order chi connectivity index (χ1) is 14.4. The summed E-state index contributed by atoms with van der Waals surface area (Å²) in [6.45, 7) is 6.27. The van der Waals surface area contributed by atoms with Crippen LogP contribution in [0.5, 0.6) is 11.5 Å². The van der Waals surface area contributed by atoms with Gasteiger partial charge in [-0.3, -0.25) is 19.3 Å². The number of ether oxygens (including phenoxy) is 3. The Bertz CT molecular complexity index is 869. The van der Waals surface area contributed by atoms with Crippen LogP contribution in [-0.4, -0.2) is 72.9 Å². The molecular weight excluding hydrogens is 476 g/mol. The van der Waals surface area contributed by atoms with Crippen LogP contribution >= 0.6 is 27.7 Å². The van der Waals surface area contributed by atoms with Gasteiger partial charge in [0.05, 0.1) is 35.8 Å². The Morgan fingerprint density at radius 3 is 2.57 bits per heavy atom. The van der Waals surface area contributed by atoms with Crippen LogP contribution in [0.4, 0.5) is 4.79 Å². The predicted molar refractivity (Wildman–Crippen MR) is 117 cm³/mol. The van der Waals surface area contributed by atoms with E-state index in [9.17, 15) is 14.4 Å². The summed E-state index contributed by atoms with van der Waals surface area (Å²) >= 11 is 4.29. The van der Waals surface area contributed by atoms with Crippen LogP contribution in [0.15, 0.2) is 21.5 Å². The number of halogens is 1. The Labute approximate surface area is 187 Å². The van der Waals surface area contributed by atoms with E-state index in [1.54, 1.807) is 23.1 Å². The Morgan fingerprint density at radius 2 is 1.90 bits per heavy atom. The Hall–Kier alpha value is -2.04. The third-order valence-electron chi connectivity index (χ3n) is 4.45. The summed E-state index contributed by atoms with van der Waals surface area (Å²) in [6, 6.07) is 3.55. The van der Waals surface area contributed by atoms with Gasteiger partial charge in [-0.15, -0.1) is 0 Å². The molecule has 2 fully saturated rings. The maximum Gasteiger partial charge on any atom is 0.294 e. The van der Waals surface area contributed by atoms with E-state index in [1.165, 1.54) is 0 Å².